The number of hydrogen-bond acceptors (Lipinski definition) is 3. The van der Waals surface area contributed by atoms with Crippen LogP contribution in [0.1, 0.15) is 39.0 Å². The van der Waals surface area contributed by atoms with Crippen molar-refractivity contribution < 1.29 is 0 Å². The molecule has 4 heteroatoms. The van der Waals surface area contributed by atoms with Gasteiger partial charge in [-0.2, -0.15) is 0 Å². The predicted molar refractivity (Wildman–Crippen MR) is 87.0 cm³/mol. The van der Waals surface area contributed by atoms with Gasteiger partial charge in [0.25, 0.3) is 0 Å². The number of halogens is 1. The van der Waals surface area contributed by atoms with E-state index in [0.29, 0.717) is 5.41 Å². The van der Waals surface area contributed by atoms with E-state index in [2.05, 4.69) is 51.4 Å². The first-order valence-corrected chi connectivity index (χ1v) is 8.62. The monoisotopic (exact) mass is 338 g/mol. The highest BCUT2D eigenvalue weighted by Gasteiger charge is 2.31. The molecule has 0 bridgehead atoms. The van der Waals surface area contributed by atoms with E-state index in [-0.39, 0.29) is 0 Å². The molecule has 2 aromatic rings. The molecule has 1 aromatic carbocycles. The lowest BCUT2D eigenvalue weighted by Gasteiger charge is -2.27. The summed E-state index contributed by atoms with van der Waals surface area (Å²) in [4.78, 5) is 4.68. The van der Waals surface area contributed by atoms with Crippen LogP contribution in [0.2, 0.25) is 0 Å². The van der Waals surface area contributed by atoms with Crippen LogP contribution in [0.5, 0.6) is 0 Å². The largest absolute Gasteiger partial charge is 0.361 e. The zero-order valence-corrected chi connectivity index (χ0v) is 13.6. The average molecular weight is 339 g/mol. The second kappa shape index (κ2) is 5.41. The Morgan fingerprint density at radius 3 is 2.89 bits per heavy atom. The molecule has 0 saturated heterocycles. The molecule has 1 heterocycles. The molecule has 1 aliphatic carbocycles. The van der Waals surface area contributed by atoms with Gasteiger partial charge >= 0.3 is 0 Å². The molecule has 0 aliphatic heterocycles. The van der Waals surface area contributed by atoms with Gasteiger partial charge in [-0.1, -0.05) is 47.0 Å². The molecule has 1 fully saturated rings. The Hall–Kier alpha value is -0.610. The number of benzene rings is 1. The SMILES string of the molecule is CCC1(CNc2nc3cc(Br)ccc3s2)CCCC1. The number of aromatic nitrogens is 1. The molecular weight excluding hydrogens is 320 g/mol. The van der Waals surface area contributed by atoms with Gasteiger partial charge in [-0.05, 0) is 42.9 Å². The fourth-order valence-electron chi connectivity index (χ4n) is 3.02. The quantitative estimate of drug-likeness (QED) is 0.802. The summed E-state index contributed by atoms with van der Waals surface area (Å²) in [6.45, 7) is 3.40. The molecule has 0 radical (unpaired) electrons. The van der Waals surface area contributed by atoms with Gasteiger partial charge in [0, 0.05) is 11.0 Å². The Balaban J connectivity index is 1.74. The van der Waals surface area contributed by atoms with Crippen molar-refractivity contribution in [1.29, 1.82) is 0 Å². The van der Waals surface area contributed by atoms with E-state index in [4.69, 9.17) is 0 Å². The summed E-state index contributed by atoms with van der Waals surface area (Å²) < 4.78 is 2.35. The third-order valence-electron chi connectivity index (χ3n) is 4.38. The number of nitrogens with one attached hydrogen (secondary N) is 1. The summed E-state index contributed by atoms with van der Waals surface area (Å²) in [6, 6.07) is 6.30. The number of rotatable bonds is 4. The van der Waals surface area contributed by atoms with E-state index in [1.54, 1.807) is 11.3 Å². The summed E-state index contributed by atoms with van der Waals surface area (Å²) in [5, 5.41) is 4.64. The smallest absolute Gasteiger partial charge is 0.183 e. The summed E-state index contributed by atoms with van der Waals surface area (Å²) in [5.74, 6) is 0. The van der Waals surface area contributed by atoms with Gasteiger partial charge in [0.1, 0.15) is 0 Å². The Morgan fingerprint density at radius 2 is 2.16 bits per heavy atom. The third kappa shape index (κ3) is 2.79. The first-order chi connectivity index (χ1) is 9.21. The average Bonchev–Trinajstić information content (AvgIpc) is 3.02. The lowest BCUT2D eigenvalue weighted by Crippen LogP contribution is -2.25. The lowest BCUT2D eigenvalue weighted by atomic mass is 9.83. The van der Waals surface area contributed by atoms with Crippen molar-refractivity contribution in [3.05, 3.63) is 22.7 Å². The molecule has 1 aromatic heterocycles. The Morgan fingerprint density at radius 1 is 1.37 bits per heavy atom. The number of nitrogens with zero attached hydrogens (tertiary/aromatic N) is 1. The maximum atomic E-state index is 4.68. The molecule has 19 heavy (non-hydrogen) atoms. The zero-order chi connectivity index (χ0) is 13.3. The summed E-state index contributed by atoms with van der Waals surface area (Å²) in [5.41, 5.74) is 1.59. The van der Waals surface area contributed by atoms with Gasteiger partial charge in [-0.3, -0.25) is 0 Å². The van der Waals surface area contributed by atoms with Crippen LogP contribution in [-0.4, -0.2) is 11.5 Å². The van der Waals surface area contributed by atoms with Gasteiger partial charge in [0.15, 0.2) is 5.13 Å². The molecule has 0 amide bonds. The highest BCUT2D eigenvalue weighted by Crippen LogP contribution is 2.41. The lowest BCUT2D eigenvalue weighted by molar-refractivity contribution is 0.307. The van der Waals surface area contributed by atoms with Crippen LogP contribution in [0.15, 0.2) is 22.7 Å². The molecule has 0 atom stereocenters. The van der Waals surface area contributed by atoms with Crippen LogP contribution >= 0.6 is 27.3 Å². The van der Waals surface area contributed by atoms with Gasteiger partial charge in [0.05, 0.1) is 10.2 Å². The van der Waals surface area contributed by atoms with E-state index in [9.17, 15) is 0 Å². The van der Waals surface area contributed by atoms with Crippen LogP contribution < -0.4 is 5.32 Å². The first-order valence-electron chi connectivity index (χ1n) is 7.01. The Labute approximate surface area is 126 Å². The van der Waals surface area contributed by atoms with E-state index >= 15 is 0 Å². The van der Waals surface area contributed by atoms with E-state index in [1.165, 1.54) is 36.8 Å². The zero-order valence-electron chi connectivity index (χ0n) is 11.2. The normalized spacial score (nSPS) is 18.0. The van der Waals surface area contributed by atoms with Crippen molar-refractivity contribution in [2.45, 2.75) is 39.0 Å². The van der Waals surface area contributed by atoms with Crippen molar-refractivity contribution in [1.82, 2.24) is 4.98 Å². The second-order valence-corrected chi connectivity index (χ2v) is 7.49. The molecular formula is C15H19BrN2S. The minimum absolute atomic E-state index is 0.512. The van der Waals surface area contributed by atoms with E-state index < -0.39 is 0 Å². The third-order valence-corrected chi connectivity index (χ3v) is 5.87. The molecule has 2 nitrogen and oxygen atoms in total. The molecule has 3 rings (SSSR count). The molecule has 1 aliphatic rings. The molecule has 0 spiro atoms. The van der Waals surface area contributed by atoms with Gasteiger partial charge < -0.3 is 5.32 Å². The fraction of sp³-hybridized carbons (Fsp3) is 0.533. The molecule has 0 unspecified atom stereocenters. The van der Waals surface area contributed by atoms with Crippen LogP contribution in [0.4, 0.5) is 5.13 Å². The van der Waals surface area contributed by atoms with E-state index in [0.717, 1.165) is 21.7 Å². The molecule has 102 valence electrons. The molecule has 1 N–H and O–H groups in total. The highest BCUT2D eigenvalue weighted by molar-refractivity contribution is 9.10. The van der Waals surface area contributed by atoms with Crippen molar-refractivity contribution in [3.8, 4) is 0 Å². The maximum absolute atomic E-state index is 4.68. The number of thiazole rings is 1. The molecule has 1 saturated carbocycles. The summed E-state index contributed by atoms with van der Waals surface area (Å²) in [7, 11) is 0. The van der Waals surface area contributed by atoms with Crippen LogP contribution in [0, 0.1) is 5.41 Å². The van der Waals surface area contributed by atoms with Crippen LogP contribution in [0.25, 0.3) is 10.2 Å². The van der Waals surface area contributed by atoms with E-state index in [1.807, 2.05) is 0 Å². The standard InChI is InChI=1S/C15H19BrN2S/c1-2-15(7-3-4-8-15)10-17-14-18-12-9-11(16)5-6-13(12)19-14/h5-6,9H,2-4,7-8,10H2,1H3,(H,17,18). The predicted octanol–water partition coefficient (Wildman–Crippen LogP) is 5.44. The number of hydrogen-bond donors (Lipinski definition) is 1. The first kappa shape index (κ1) is 13.4. The summed E-state index contributed by atoms with van der Waals surface area (Å²) >= 11 is 5.25. The van der Waals surface area contributed by atoms with Gasteiger partial charge in [-0.15, -0.1) is 0 Å². The van der Waals surface area contributed by atoms with Gasteiger partial charge in [0.2, 0.25) is 0 Å². The Bertz CT molecular complexity index is 573. The number of anilines is 1. The number of fused-ring (bicyclic) bond motifs is 1. The minimum Gasteiger partial charge on any atom is -0.361 e. The second-order valence-electron chi connectivity index (χ2n) is 5.55. The van der Waals surface area contributed by atoms with Crippen molar-refractivity contribution in [3.63, 3.8) is 0 Å². The van der Waals surface area contributed by atoms with Crippen molar-refractivity contribution in [2.75, 3.05) is 11.9 Å². The van der Waals surface area contributed by atoms with Crippen LogP contribution in [0.3, 0.4) is 0 Å². The minimum atomic E-state index is 0.512. The topological polar surface area (TPSA) is 24.9 Å². The van der Waals surface area contributed by atoms with Crippen molar-refractivity contribution >= 4 is 42.6 Å². The summed E-state index contributed by atoms with van der Waals surface area (Å²) in [6.07, 6.45) is 6.79. The van der Waals surface area contributed by atoms with Crippen molar-refractivity contribution in [2.24, 2.45) is 5.41 Å². The van der Waals surface area contributed by atoms with Gasteiger partial charge in [-0.25, -0.2) is 4.98 Å². The fourth-order valence-corrected chi connectivity index (χ4v) is 4.21. The Kier molecular flexibility index (Phi) is 3.81. The van der Waals surface area contributed by atoms with Crippen LogP contribution in [-0.2, 0) is 0 Å². The highest BCUT2D eigenvalue weighted by atomic mass is 79.9. The maximum Gasteiger partial charge on any atom is 0.183 e.